The molecule has 182 valence electrons. The molecule has 0 spiro atoms. The summed E-state index contributed by atoms with van der Waals surface area (Å²) in [7, 11) is 0. The normalized spacial score (nSPS) is 18.5. The van der Waals surface area contributed by atoms with Gasteiger partial charge in [0.05, 0.1) is 12.7 Å². The number of phenolic OH excluding ortho intramolecular Hbond substituents is 1. The lowest BCUT2D eigenvalue weighted by Crippen LogP contribution is -2.46. The predicted molar refractivity (Wildman–Crippen MR) is 142 cm³/mol. The van der Waals surface area contributed by atoms with Crippen LogP contribution in [0, 0.1) is 0 Å². The zero-order chi connectivity index (χ0) is 24.0. The first-order valence-corrected chi connectivity index (χ1v) is 12.3. The Hall–Kier alpha value is -3.71. The maximum absolute atomic E-state index is 9.52. The van der Waals surface area contributed by atoms with E-state index < -0.39 is 0 Å². The highest BCUT2D eigenvalue weighted by molar-refractivity contribution is 5.81. The summed E-state index contributed by atoms with van der Waals surface area (Å²) in [6.07, 6.45) is 2.86. The molecule has 3 aromatic rings. The molecule has 2 atom stereocenters. The van der Waals surface area contributed by atoms with E-state index in [9.17, 15) is 5.11 Å². The molecule has 2 unspecified atom stereocenters. The minimum atomic E-state index is 0.0699. The second-order valence-corrected chi connectivity index (χ2v) is 9.15. The van der Waals surface area contributed by atoms with Crippen molar-refractivity contribution in [2.24, 2.45) is 5.10 Å². The van der Waals surface area contributed by atoms with E-state index in [0.29, 0.717) is 12.4 Å². The van der Waals surface area contributed by atoms with Crippen LogP contribution in [0.4, 0.5) is 17.1 Å². The third kappa shape index (κ3) is 5.69. The van der Waals surface area contributed by atoms with Gasteiger partial charge in [0.2, 0.25) is 0 Å². The summed E-state index contributed by atoms with van der Waals surface area (Å²) < 4.78 is 6.07. The molecule has 0 radical (unpaired) electrons. The van der Waals surface area contributed by atoms with E-state index in [4.69, 9.17) is 4.74 Å². The zero-order valence-electron chi connectivity index (χ0n) is 20.1. The van der Waals surface area contributed by atoms with Crippen LogP contribution < -0.4 is 20.1 Å². The standard InChI is InChI=1S/C28H33N5O2/c1-22(35-20-23-5-3-2-4-6-23)19-28-30-29-21-33(28)26-9-7-24(8-10-26)31-15-17-32(18-16-31)25-11-13-27(34)14-12-25/h2-14,21-22,28,30,34H,15-20H2,1H3. The number of piperazine rings is 1. The van der Waals surface area contributed by atoms with Crippen molar-refractivity contribution in [2.45, 2.75) is 32.2 Å². The lowest BCUT2D eigenvalue weighted by molar-refractivity contribution is 0.0420. The molecule has 0 amide bonds. The Bertz CT molecular complexity index is 1100. The number of nitrogens with zero attached hydrogens (tertiary/aromatic N) is 4. The third-order valence-corrected chi connectivity index (χ3v) is 6.68. The van der Waals surface area contributed by atoms with Crippen molar-refractivity contribution in [1.82, 2.24) is 5.43 Å². The number of aromatic hydroxyl groups is 1. The summed E-state index contributed by atoms with van der Waals surface area (Å²) in [4.78, 5) is 6.96. The minimum Gasteiger partial charge on any atom is -0.508 e. The van der Waals surface area contributed by atoms with Gasteiger partial charge in [0.1, 0.15) is 18.3 Å². The molecule has 1 fully saturated rings. The Morgan fingerprint density at radius 2 is 1.43 bits per heavy atom. The predicted octanol–water partition coefficient (Wildman–Crippen LogP) is 4.39. The minimum absolute atomic E-state index is 0.0699. The van der Waals surface area contributed by atoms with Gasteiger partial charge in [-0.25, -0.2) is 0 Å². The first kappa shape index (κ1) is 23.1. The Morgan fingerprint density at radius 3 is 2.06 bits per heavy atom. The summed E-state index contributed by atoms with van der Waals surface area (Å²) in [6, 6.07) is 26.5. The van der Waals surface area contributed by atoms with Gasteiger partial charge < -0.3 is 24.5 Å². The number of hydrogen-bond donors (Lipinski definition) is 2. The van der Waals surface area contributed by atoms with Gasteiger partial charge in [-0.3, -0.25) is 5.43 Å². The van der Waals surface area contributed by atoms with Crippen LogP contribution in [0.15, 0.2) is 84.0 Å². The van der Waals surface area contributed by atoms with Crippen molar-refractivity contribution in [3.8, 4) is 5.75 Å². The van der Waals surface area contributed by atoms with Crippen molar-refractivity contribution in [1.29, 1.82) is 0 Å². The average Bonchev–Trinajstić information content (AvgIpc) is 3.37. The molecule has 0 aliphatic carbocycles. The Balaban J connectivity index is 1.14. The number of phenols is 1. The van der Waals surface area contributed by atoms with Crippen molar-refractivity contribution in [2.75, 3.05) is 40.9 Å². The largest absolute Gasteiger partial charge is 0.508 e. The van der Waals surface area contributed by atoms with E-state index in [1.807, 2.05) is 36.7 Å². The molecule has 7 heteroatoms. The number of rotatable bonds is 8. The molecule has 0 saturated carbocycles. The summed E-state index contributed by atoms with van der Waals surface area (Å²) >= 11 is 0. The smallest absolute Gasteiger partial charge is 0.123 e. The number of benzene rings is 3. The van der Waals surface area contributed by atoms with Crippen LogP contribution in [0.3, 0.4) is 0 Å². The van der Waals surface area contributed by atoms with Crippen LogP contribution in [-0.2, 0) is 11.3 Å². The van der Waals surface area contributed by atoms with E-state index >= 15 is 0 Å². The number of hydrazone groups is 1. The van der Waals surface area contributed by atoms with Gasteiger partial charge in [0, 0.05) is 49.7 Å². The highest BCUT2D eigenvalue weighted by atomic mass is 16.5. The fourth-order valence-electron chi connectivity index (χ4n) is 4.65. The molecular formula is C28H33N5O2. The van der Waals surface area contributed by atoms with Crippen molar-refractivity contribution < 1.29 is 9.84 Å². The van der Waals surface area contributed by atoms with Gasteiger partial charge in [-0.2, -0.15) is 5.10 Å². The van der Waals surface area contributed by atoms with E-state index in [1.54, 1.807) is 12.1 Å². The highest BCUT2D eigenvalue weighted by Crippen LogP contribution is 2.26. The van der Waals surface area contributed by atoms with Crippen molar-refractivity contribution >= 4 is 23.4 Å². The number of hydrogen-bond acceptors (Lipinski definition) is 7. The molecular weight excluding hydrogens is 438 g/mol. The average molecular weight is 472 g/mol. The quantitative estimate of drug-likeness (QED) is 0.508. The molecule has 5 rings (SSSR count). The fourth-order valence-corrected chi connectivity index (χ4v) is 4.65. The summed E-state index contributed by atoms with van der Waals surface area (Å²) in [5.41, 5.74) is 7.92. The molecule has 7 nitrogen and oxygen atoms in total. The van der Waals surface area contributed by atoms with Crippen molar-refractivity contribution in [3.05, 3.63) is 84.4 Å². The van der Waals surface area contributed by atoms with Crippen LogP contribution in [-0.4, -0.2) is 49.9 Å². The number of anilines is 3. The number of nitrogens with one attached hydrogen (secondary N) is 1. The molecule has 2 heterocycles. The van der Waals surface area contributed by atoms with Gasteiger partial charge >= 0.3 is 0 Å². The van der Waals surface area contributed by atoms with Gasteiger partial charge in [0.25, 0.3) is 0 Å². The van der Waals surface area contributed by atoms with E-state index in [1.165, 1.54) is 11.3 Å². The maximum atomic E-state index is 9.52. The SMILES string of the molecule is CC(CC1NN=CN1c1ccc(N2CCN(c3ccc(O)cc3)CC2)cc1)OCc1ccccc1. The lowest BCUT2D eigenvalue weighted by Gasteiger charge is -2.37. The monoisotopic (exact) mass is 471 g/mol. The van der Waals surface area contributed by atoms with Gasteiger partial charge in [-0.05, 0) is 61.0 Å². The maximum Gasteiger partial charge on any atom is 0.123 e. The summed E-state index contributed by atoms with van der Waals surface area (Å²) in [6.45, 7) is 6.57. The number of ether oxygens (including phenoxy) is 1. The van der Waals surface area contributed by atoms with Crippen LogP contribution in [0.5, 0.6) is 5.75 Å². The van der Waals surface area contributed by atoms with Gasteiger partial charge in [-0.15, -0.1) is 0 Å². The van der Waals surface area contributed by atoms with Crippen LogP contribution in [0.1, 0.15) is 18.9 Å². The van der Waals surface area contributed by atoms with E-state index in [2.05, 4.69) is 68.5 Å². The molecule has 1 saturated heterocycles. The van der Waals surface area contributed by atoms with E-state index in [-0.39, 0.29) is 12.3 Å². The van der Waals surface area contributed by atoms with Gasteiger partial charge in [-0.1, -0.05) is 30.3 Å². The molecule has 2 N–H and O–H groups in total. The topological polar surface area (TPSA) is 63.6 Å². The molecule has 3 aromatic carbocycles. The summed E-state index contributed by atoms with van der Waals surface area (Å²) in [5, 5.41) is 13.8. The Kier molecular flexibility index (Phi) is 7.04. The Labute approximate surface area is 207 Å². The molecule has 2 aliphatic rings. The first-order valence-electron chi connectivity index (χ1n) is 12.3. The van der Waals surface area contributed by atoms with Crippen LogP contribution in [0.25, 0.3) is 0 Å². The van der Waals surface area contributed by atoms with Crippen molar-refractivity contribution in [3.63, 3.8) is 0 Å². The van der Waals surface area contributed by atoms with E-state index in [0.717, 1.165) is 44.0 Å². The molecule has 35 heavy (non-hydrogen) atoms. The highest BCUT2D eigenvalue weighted by Gasteiger charge is 2.24. The first-order chi connectivity index (χ1) is 17.2. The second-order valence-electron chi connectivity index (χ2n) is 9.15. The second kappa shape index (κ2) is 10.7. The van der Waals surface area contributed by atoms with Gasteiger partial charge in [0.15, 0.2) is 0 Å². The summed E-state index contributed by atoms with van der Waals surface area (Å²) in [5.74, 6) is 0.308. The molecule has 2 aliphatic heterocycles. The van der Waals surface area contributed by atoms with Crippen LogP contribution in [0.2, 0.25) is 0 Å². The van der Waals surface area contributed by atoms with Crippen LogP contribution >= 0.6 is 0 Å². The lowest BCUT2D eigenvalue weighted by atomic mass is 10.1. The fraction of sp³-hybridized carbons (Fsp3) is 0.321. The Morgan fingerprint density at radius 1 is 0.857 bits per heavy atom. The zero-order valence-corrected chi connectivity index (χ0v) is 20.1. The third-order valence-electron chi connectivity index (χ3n) is 6.68. The molecule has 0 bridgehead atoms. The molecule has 0 aromatic heterocycles.